The zero-order chi connectivity index (χ0) is 28.8. The Balaban J connectivity index is 1.47. The van der Waals surface area contributed by atoms with Crippen LogP contribution in [0.25, 0.3) is 65.8 Å². The zero-order valence-corrected chi connectivity index (χ0v) is 24.2. The van der Waals surface area contributed by atoms with Crippen molar-refractivity contribution < 1.29 is 0 Å². The maximum absolute atomic E-state index is 2.52. The van der Waals surface area contributed by atoms with Crippen LogP contribution in [-0.4, -0.2) is 9.13 Å². The van der Waals surface area contributed by atoms with Crippen molar-refractivity contribution in [3.05, 3.63) is 168 Å². The number of hydrogen-bond donors (Lipinski definition) is 0. The molecule has 2 nitrogen and oxygen atoms in total. The second kappa shape index (κ2) is 8.95. The Hall–Kier alpha value is -5.60. The molecule has 1 aliphatic rings. The predicted octanol–water partition coefficient (Wildman–Crippen LogP) is 10.5. The van der Waals surface area contributed by atoms with Crippen LogP contribution in [0.3, 0.4) is 0 Å². The molecule has 0 amide bonds. The van der Waals surface area contributed by atoms with Crippen molar-refractivity contribution in [2.24, 2.45) is 0 Å². The monoisotopic (exact) mass is 560 g/mol. The summed E-state index contributed by atoms with van der Waals surface area (Å²) in [5.41, 5.74) is 13.3. The summed E-state index contributed by atoms with van der Waals surface area (Å²) in [6.45, 7) is 0. The highest BCUT2D eigenvalue weighted by Crippen LogP contribution is 2.48. The van der Waals surface area contributed by atoms with Crippen LogP contribution in [0.15, 0.2) is 146 Å². The molecule has 0 fully saturated rings. The molecule has 0 saturated heterocycles. The SMILES string of the molecule is c1ccc(-n2c3ccccc3c3c4c(c5c6ccccc6n(-c6ccccc6)c5c32)Cc2cc3ccccc3cc2C4)cc1. The van der Waals surface area contributed by atoms with Crippen LogP contribution >= 0.6 is 0 Å². The van der Waals surface area contributed by atoms with E-state index < -0.39 is 0 Å². The van der Waals surface area contributed by atoms with Gasteiger partial charge in [0.05, 0.1) is 22.1 Å². The molecule has 1 aliphatic carbocycles. The molecule has 0 unspecified atom stereocenters. The van der Waals surface area contributed by atoms with Gasteiger partial charge in [0.15, 0.2) is 0 Å². The third-order valence-corrected chi connectivity index (χ3v) is 9.77. The molecular formula is C42H28N2. The first kappa shape index (κ1) is 23.9. The van der Waals surface area contributed by atoms with E-state index in [1.807, 2.05) is 0 Å². The highest BCUT2D eigenvalue weighted by atomic mass is 15.0. The summed E-state index contributed by atoms with van der Waals surface area (Å²) in [6.07, 6.45) is 1.85. The smallest absolute Gasteiger partial charge is 0.0792 e. The topological polar surface area (TPSA) is 9.86 Å². The number of nitrogens with zero attached hydrogens (tertiary/aromatic N) is 2. The van der Waals surface area contributed by atoms with Crippen LogP contribution in [0.5, 0.6) is 0 Å². The van der Waals surface area contributed by atoms with Crippen molar-refractivity contribution >= 4 is 54.4 Å². The second-order valence-corrected chi connectivity index (χ2v) is 12.1. The third kappa shape index (κ3) is 3.20. The highest BCUT2D eigenvalue weighted by Gasteiger charge is 2.29. The van der Waals surface area contributed by atoms with Gasteiger partial charge in [-0.15, -0.1) is 0 Å². The Morgan fingerprint density at radius 3 is 1.23 bits per heavy atom. The number of rotatable bonds is 2. The summed E-state index contributed by atoms with van der Waals surface area (Å²) < 4.78 is 5.03. The van der Waals surface area contributed by atoms with Crippen molar-refractivity contribution in [1.82, 2.24) is 9.13 Å². The molecule has 7 aromatic carbocycles. The van der Waals surface area contributed by atoms with Crippen LogP contribution in [0.4, 0.5) is 0 Å². The van der Waals surface area contributed by atoms with E-state index in [0.29, 0.717) is 0 Å². The van der Waals surface area contributed by atoms with E-state index in [0.717, 1.165) is 12.8 Å². The van der Waals surface area contributed by atoms with Gasteiger partial charge in [-0.2, -0.15) is 0 Å². The van der Waals surface area contributed by atoms with Gasteiger partial charge in [-0.1, -0.05) is 109 Å². The van der Waals surface area contributed by atoms with Crippen molar-refractivity contribution in [3.8, 4) is 11.4 Å². The van der Waals surface area contributed by atoms with Crippen LogP contribution < -0.4 is 0 Å². The first-order chi connectivity index (χ1) is 21.8. The van der Waals surface area contributed by atoms with E-state index in [-0.39, 0.29) is 0 Å². The number of benzene rings is 7. The van der Waals surface area contributed by atoms with E-state index in [1.165, 1.54) is 88.0 Å². The molecule has 0 atom stereocenters. The average Bonchev–Trinajstić information content (AvgIpc) is 3.61. The van der Waals surface area contributed by atoms with Crippen LogP contribution in [-0.2, 0) is 12.8 Å². The van der Waals surface area contributed by atoms with Crippen LogP contribution in [0.2, 0.25) is 0 Å². The van der Waals surface area contributed by atoms with Crippen molar-refractivity contribution in [2.75, 3.05) is 0 Å². The molecule has 0 N–H and O–H groups in total. The molecule has 0 aliphatic heterocycles. The van der Waals surface area contributed by atoms with Crippen LogP contribution in [0, 0.1) is 0 Å². The molecule has 2 heteroatoms. The van der Waals surface area contributed by atoms with Gasteiger partial charge in [-0.25, -0.2) is 0 Å². The number of fused-ring (bicyclic) bond motifs is 12. The third-order valence-electron chi connectivity index (χ3n) is 9.77. The fourth-order valence-corrected chi connectivity index (χ4v) is 7.97. The lowest BCUT2D eigenvalue weighted by Gasteiger charge is -2.24. The van der Waals surface area contributed by atoms with Gasteiger partial charge in [0.25, 0.3) is 0 Å². The van der Waals surface area contributed by atoms with Gasteiger partial charge < -0.3 is 9.13 Å². The molecule has 0 spiro atoms. The number of hydrogen-bond acceptors (Lipinski definition) is 0. The predicted molar refractivity (Wildman–Crippen MR) is 185 cm³/mol. The first-order valence-corrected chi connectivity index (χ1v) is 15.5. The fraction of sp³-hybridized carbons (Fsp3) is 0.0476. The molecular weight excluding hydrogens is 532 g/mol. The highest BCUT2D eigenvalue weighted by molar-refractivity contribution is 6.26. The summed E-state index contributed by atoms with van der Waals surface area (Å²) in [5, 5.41) is 8.03. The Morgan fingerprint density at radius 2 is 0.773 bits per heavy atom. The van der Waals surface area contributed by atoms with Gasteiger partial charge >= 0.3 is 0 Å². The Morgan fingerprint density at radius 1 is 0.386 bits per heavy atom. The summed E-state index contributed by atoms with van der Waals surface area (Å²) >= 11 is 0. The lowest BCUT2D eigenvalue weighted by molar-refractivity contribution is 1.03. The molecule has 0 radical (unpaired) electrons. The molecule has 10 rings (SSSR count). The molecule has 44 heavy (non-hydrogen) atoms. The largest absolute Gasteiger partial charge is 0.307 e. The van der Waals surface area contributed by atoms with Gasteiger partial charge in [0.1, 0.15) is 0 Å². The molecule has 0 saturated carbocycles. The summed E-state index contributed by atoms with van der Waals surface area (Å²) in [5.74, 6) is 0. The standard InChI is InChI=1S/C42H28N2/c1-3-15-31(16-4-1)43-37-21-11-9-19-33(37)39-35-25-29-23-27-13-7-8-14-28(27)24-30(29)26-36(35)40-34-20-10-12-22-38(34)44(42(40)41(39)43)32-17-5-2-6-18-32/h1-24H,25-26H2. The van der Waals surface area contributed by atoms with E-state index in [2.05, 4.69) is 155 Å². The maximum atomic E-state index is 2.52. The Kier molecular flexibility index (Phi) is 4.86. The molecule has 2 heterocycles. The van der Waals surface area contributed by atoms with Gasteiger partial charge in [0.2, 0.25) is 0 Å². The van der Waals surface area contributed by atoms with Crippen molar-refractivity contribution in [3.63, 3.8) is 0 Å². The number of para-hydroxylation sites is 4. The van der Waals surface area contributed by atoms with Crippen molar-refractivity contribution in [2.45, 2.75) is 12.8 Å². The lowest BCUT2D eigenvalue weighted by Crippen LogP contribution is -2.10. The lowest BCUT2D eigenvalue weighted by atomic mass is 9.80. The van der Waals surface area contributed by atoms with E-state index in [4.69, 9.17) is 0 Å². The fourth-order valence-electron chi connectivity index (χ4n) is 7.97. The van der Waals surface area contributed by atoms with Gasteiger partial charge in [-0.3, -0.25) is 0 Å². The molecule has 0 bridgehead atoms. The summed E-state index contributed by atoms with van der Waals surface area (Å²) in [4.78, 5) is 0. The van der Waals surface area contributed by atoms with Crippen molar-refractivity contribution in [1.29, 1.82) is 0 Å². The molecule has 9 aromatic rings. The quantitative estimate of drug-likeness (QED) is 0.199. The minimum Gasteiger partial charge on any atom is -0.307 e. The summed E-state index contributed by atoms with van der Waals surface area (Å²) in [7, 11) is 0. The first-order valence-electron chi connectivity index (χ1n) is 15.5. The van der Waals surface area contributed by atoms with E-state index in [1.54, 1.807) is 0 Å². The number of aromatic nitrogens is 2. The maximum Gasteiger partial charge on any atom is 0.0792 e. The van der Waals surface area contributed by atoms with Gasteiger partial charge in [0, 0.05) is 32.9 Å². The normalized spacial score (nSPS) is 12.8. The molecule has 206 valence electrons. The second-order valence-electron chi connectivity index (χ2n) is 12.1. The minimum atomic E-state index is 0.926. The Bertz CT molecular complexity index is 2400. The van der Waals surface area contributed by atoms with E-state index >= 15 is 0 Å². The average molecular weight is 561 g/mol. The summed E-state index contributed by atoms with van der Waals surface area (Å²) in [6, 6.07) is 53.5. The van der Waals surface area contributed by atoms with E-state index in [9.17, 15) is 0 Å². The van der Waals surface area contributed by atoms with Crippen LogP contribution in [0.1, 0.15) is 22.3 Å². The minimum absolute atomic E-state index is 0.926. The van der Waals surface area contributed by atoms with Gasteiger partial charge in [-0.05, 0) is 82.3 Å². The zero-order valence-electron chi connectivity index (χ0n) is 24.2. The Labute approximate surface area is 255 Å². The molecule has 2 aromatic heterocycles.